The normalized spacial score (nSPS) is 12.4. The molecular formula is C14H17NO2. The number of ether oxygens (including phenoxy) is 1. The summed E-state index contributed by atoms with van der Waals surface area (Å²) in [5.74, 6) is 1.79. The molecule has 0 fully saturated rings. The molecule has 1 atom stereocenters. The maximum absolute atomic E-state index is 5.47. The highest BCUT2D eigenvalue weighted by Crippen LogP contribution is 2.24. The summed E-state index contributed by atoms with van der Waals surface area (Å²) in [5, 5.41) is 3.40. The molecule has 0 aliphatic heterocycles. The van der Waals surface area contributed by atoms with E-state index < -0.39 is 0 Å². The minimum absolute atomic E-state index is 0.0981. The van der Waals surface area contributed by atoms with E-state index in [1.54, 1.807) is 13.4 Å². The van der Waals surface area contributed by atoms with Crippen molar-refractivity contribution in [2.75, 3.05) is 13.7 Å². The number of methoxy groups -OCH3 is 1. The topological polar surface area (TPSA) is 34.4 Å². The van der Waals surface area contributed by atoms with E-state index in [1.165, 1.54) is 5.56 Å². The van der Waals surface area contributed by atoms with Crippen LogP contribution < -0.4 is 10.1 Å². The van der Waals surface area contributed by atoms with Gasteiger partial charge in [-0.25, -0.2) is 0 Å². The molecule has 1 unspecified atom stereocenters. The summed E-state index contributed by atoms with van der Waals surface area (Å²) < 4.78 is 10.6. The third kappa shape index (κ3) is 2.68. The molecule has 0 radical (unpaired) electrons. The number of benzene rings is 1. The number of nitrogens with one attached hydrogen (secondary N) is 1. The quantitative estimate of drug-likeness (QED) is 0.859. The summed E-state index contributed by atoms with van der Waals surface area (Å²) in [6.07, 6.45) is 1.70. The Balaban J connectivity index is 2.26. The summed E-state index contributed by atoms with van der Waals surface area (Å²) in [7, 11) is 1.67. The monoisotopic (exact) mass is 231 g/mol. The number of furan rings is 1. The highest BCUT2D eigenvalue weighted by Gasteiger charge is 2.15. The van der Waals surface area contributed by atoms with Crippen molar-refractivity contribution in [1.29, 1.82) is 0 Å². The lowest BCUT2D eigenvalue weighted by Crippen LogP contribution is -2.21. The highest BCUT2D eigenvalue weighted by molar-refractivity contribution is 5.32. The van der Waals surface area contributed by atoms with Gasteiger partial charge in [0.05, 0.1) is 19.4 Å². The Morgan fingerprint density at radius 3 is 2.53 bits per heavy atom. The van der Waals surface area contributed by atoms with E-state index in [4.69, 9.17) is 9.15 Å². The Morgan fingerprint density at radius 2 is 2.00 bits per heavy atom. The van der Waals surface area contributed by atoms with Gasteiger partial charge in [-0.1, -0.05) is 19.1 Å². The molecular weight excluding hydrogens is 214 g/mol. The lowest BCUT2D eigenvalue weighted by atomic mass is 10.0. The van der Waals surface area contributed by atoms with Crippen molar-refractivity contribution in [3.8, 4) is 5.75 Å². The van der Waals surface area contributed by atoms with Crippen molar-refractivity contribution in [2.24, 2.45) is 0 Å². The van der Waals surface area contributed by atoms with Crippen LogP contribution in [0.15, 0.2) is 47.1 Å². The molecule has 0 saturated carbocycles. The first-order valence-corrected chi connectivity index (χ1v) is 5.76. The summed E-state index contributed by atoms with van der Waals surface area (Å²) in [4.78, 5) is 0. The van der Waals surface area contributed by atoms with Gasteiger partial charge in [0.15, 0.2) is 0 Å². The van der Waals surface area contributed by atoms with Gasteiger partial charge in [0.25, 0.3) is 0 Å². The highest BCUT2D eigenvalue weighted by atomic mass is 16.5. The zero-order valence-corrected chi connectivity index (χ0v) is 10.1. The van der Waals surface area contributed by atoms with Gasteiger partial charge in [-0.2, -0.15) is 0 Å². The molecule has 1 heterocycles. The Hall–Kier alpha value is -1.74. The Labute approximate surface area is 101 Å². The lowest BCUT2D eigenvalue weighted by Gasteiger charge is -2.16. The van der Waals surface area contributed by atoms with Crippen molar-refractivity contribution in [1.82, 2.24) is 5.32 Å². The molecule has 17 heavy (non-hydrogen) atoms. The molecule has 0 aliphatic carbocycles. The molecule has 1 aromatic heterocycles. The minimum Gasteiger partial charge on any atom is -0.497 e. The standard InChI is InChI=1S/C14H17NO2/c1-3-15-14(13-5-4-10-17-13)11-6-8-12(16-2)9-7-11/h4-10,14-15H,3H2,1-2H3. The van der Waals surface area contributed by atoms with Crippen molar-refractivity contribution in [3.05, 3.63) is 54.0 Å². The first kappa shape index (κ1) is 11.7. The average molecular weight is 231 g/mol. The fourth-order valence-corrected chi connectivity index (χ4v) is 1.84. The molecule has 1 N–H and O–H groups in total. The van der Waals surface area contributed by atoms with Crippen LogP contribution in [0.1, 0.15) is 24.3 Å². The third-order valence-electron chi connectivity index (χ3n) is 2.69. The molecule has 90 valence electrons. The zero-order chi connectivity index (χ0) is 12.1. The molecule has 0 amide bonds. The Bertz CT molecular complexity index is 434. The summed E-state index contributed by atoms with van der Waals surface area (Å²) in [6.45, 7) is 2.97. The van der Waals surface area contributed by atoms with Crippen LogP contribution in [0.2, 0.25) is 0 Å². The summed E-state index contributed by atoms with van der Waals surface area (Å²) in [5.41, 5.74) is 1.17. The van der Waals surface area contributed by atoms with Crippen LogP contribution in [0.3, 0.4) is 0 Å². The van der Waals surface area contributed by atoms with E-state index in [9.17, 15) is 0 Å². The van der Waals surface area contributed by atoms with Gasteiger partial charge in [-0.05, 0) is 36.4 Å². The lowest BCUT2D eigenvalue weighted by molar-refractivity contribution is 0.413. The number of hydrogen-bond donors (Lipinski definition) is 1. The van der Waals surface area contributed by atoms with Gasteiger partial charge in [0.2, 0.25) is 0 Å². The van der Waals surface area contributed by atoms with Crippen molar-refractivity contribution >= 4 is 0 Å². The summed E-state index contributed by atoms with van der Waals surface area (Å²) in [6, 6.07) is 12.0. The van der Waals surface area contributed by atoms with Crippen molar-refractivity contribution in [3.63, 3.8) is 0 Å². The minimum atomic E-state index is 0.0981. The molecule has 3 nitrogen and oxygen atoms in total. The van der Waals surface area contributed by atoms with Gasteiger partial charge >= 0.3 is 0 Å². The van der Waals surface area contributed by atoms with Crippen molar-refractivity contribution in [2.45, 2.75) is 13.0 Å². The van der Waals surface area contributed by atoms with Crippen LogP contribution in [-0.2, 0) is 0 Å². The van der Waals surface area contributed by atoms with Gasteiger partial charge < -0.3 is 14.5 Å². The second-order valence-electron chi connectivity index (χ2n) is 3.78. The van der Waals surface area contributed by atoms with Crippen LogP contribution in [0.4, 0.5) is 0 Å². The van der Waals surface area contributed by atoms with Crippen LogP contribution in [0.5, 0.6) is 5.75 Å². The van der Waals surface area contributed by atoms with E-state index in [0.717, 1.165) is 18.1 Å². The van der Waals surface area contributed by atoms with Gasteiger partial charge in [0, 0.05) is 0 Å². The molecule has 0 bridgehead atoms. The maximum Gasteiger partial charge on any atom is 0.125 e. The Kier molecular flexibility index (Phi) is 3.83. The molecule has 3 heteroatoms. The predicted octanol–water partition coefficient (Wildman–Crippen LogP) is 2.99. The van der Waals surface area contributed by atoms with Gasteiger partial charge in [-0.15, -0.1) is 0 Å². The van der Waals surface area contributed by atoms with Gasteiger partial charge in [0.1, 0.15) is 11.5 Å². The number of hydrogen-bond acceptors (Lipinski definition) is 3. The van der Waals surface area contributed by atoms with E-state index in [2.05, 4.69) is 24.4 Å². The summed E-state index contributed by atoms with van der Waals surface area (Å²) >= 11 is 0. The second-order valence-corrected chi connectivity index (χ2v) is 3.78. The fourth-order valence-electron chi connectivity index (χ4n) is 1.84. The SMILES string of the molecule is CCNC(c1ccc(OC)cc1)c1ccco1. The van der Waals surface area contributed by atoms with Crippen LogP contribution >= 0.6 is 0 Å². The van der Waals surface area contributed by atoms with E-state index in [-0.39, 0.29) is 6.04 Å². The first-order valence-electron chi connectivity index (χ1n) is 5.76. The van der Waals surface area contributed by atoms with E-state index >= 15 is 0 Å². The molecule has 2 aromatic rings. The largest absolute Gasteiger partial charge is 0.497 e. The molecule has 1 aromatic carbocycles. The molecule has 0 saturated heterocycles. The second kappa shape index (κ2) is 5.55. The van der Waals surface area contributed by atoms with E-state index in [0.29, 0.717) is 0 Å². The smallest absolute Gasteiger partial charge is 0.125 e. The molecule has 0 aliphatic rings. The maximum atomic E-state index is 5.47. The zero-order valence-electron chi connectivity index (χ0n) is 10.1. The average Bonchev–Trinajstić information content (AvgIpc) is 2.90. The van der Waals surface area contributed by atoms with Gasteiger partial charge in [-0.3, -0.25) is 0 Å². The fraction of sp³-hybridized carbons (Fsp3) is 0.286. The van der Waals surface area contributed by atoms with Crippen LogP contribution in [0, 0.1) is 0 Å². The predicted molar refractivity (Wildman–Crippen MR) is 67.2 cm³/mol. The van der Waals surface area contributed by atoms with Crippen LogP contribution in [-0.4, -0.2) is 13.7 Å². The van der Waals surface area contributed by atoms with Crippen molar-refractivity contribution < 1.29 is 9.15 Å². The number of rotatable bonds is 5. The van der Waals surface area contributed by atoms with Crippen LogP contribution in [0.25, 0.3) is 0 Å². The molecule has 2 rings (SSSR count). The Morgan fingerprint density at radius 1 is 1.24 bits per heavy atom. The van der Waals surface area contributed by atoms with E-state index in [1.807, 2.05) is 24.3 Å². The first-order chi connectivity index (χ1) is 8.35. The molecule has 0 spiro atoms. The third-order valence-corrected chi connectivity index (χ3v) is 2.69.